The Morgan fingerprint density at radius 1 is 1.39 bits per heavy atom. The van der Waals surface area contributed by atoms with Crippen molar-refractivity contribution in [1.29, 1.82) is 0 Å². The maximum absolute atomic E-state index is 6.35. The van der Waals surface area contributed by atoms with Gasteiger partial charge in [0.1, 0.15) is 5.82 Å². The number of likely N-dealkylation sites (tertiary alicyclic amines) is 1. The Morgan fingerprint density at radius 3 is 2.72 bits per heavy atom. The molecule has 2 atom stereocenters. The van der Waals surface area contributed by atoms with Crippen molar-refractivity contribution < 1.29 is 0 Å². The summed E-state index contributed by atoms with van der Waals surface area (Å²) in [6.07, 6.45) is 4.07. The Kier molecular flexibility index (Phi) is 3.69. The lowest BCUT2D eigenvalue weighted by Gasteiger charge is -2.47. The third-order valence-electron chi connectivity index (χ3n) is 3.64. The van der Waals surface area contributed by atoms with Crippen LogP contribution in [0.3, 0.4) is 0 Å². The van der Waals surface area contributed by atoms with Crippen molar-refractivity contribution in [3.63, 3.8) is 0 Å². The fourth-order valence-corrected chi connectivity index (χ4v) is 2.80. The third kappa shape index (κ3) is 2.70. The minimum Gasteiger partial charge on any atom is -0.326 e. The molecular weight excluding hydrogens is 224 g/mol. The van der Waals surface area contributed by atoms with E-state index in [1.54, 1.807) is 0 Å². The molecular formula is C14H24N4. The van der Waals surface area contributed by atoms with E-state index in [-0.39, 0.29) is 17.6 Å². The van der Waals surface area contributed by atoms with Gasteiger partial charge in [0.05, 0.1) is 11.7 Å². The summed E-state index contributed by atoms with van der Waals surface area (Å²) in [7, 11) is 0. The van der Waals surface area contributed by atoms with Gasteiger partial charge >= 0.3 is 0 Å². The highest BCUT2D eigenvalue weighted by Crippen LogP contribution is 2.34. The minimum absolute atomic E-state index is 0.113. The van der Waals surface area contributed by atoms with Crippen molar-refractivity contribution in [3.8, 4) is 0 Å². The van der Waals surface area contributed by atoms with E-state index in [1.807, 2.05) is 19.2 Å². The summed E-state index contributed by atoms with van der Waals surface area (Å²) in [6.45, 7) is 9.74. The van der Waals surface area contributed by atoms with Crippen LogP contribution >= 0.6 is 0 Å². The Hall–Kier alpha value is -1.00. The molecule has 0 amide bonds. The van der Waals surface area contributed by atoms with E-state index in [4.69, 9.17) is 5.73 Å². The zero-order valence-corrected chi connectivity index (χ0v) is 11.8. The van der Waals surface area contributed by atoms with E-state index in [0.29, 0.717) is 0 Å². The third-order valence-corrected chi connectivity index (χ3v) is 3.64. The number of rotatable bonds is 1. The summed E-state index contributed by atoms with van der Waals surface area (Å²) in [5.74, 6) is 0.819. The molecule has 1 saturated heterocycles. The van der Waals surface area contributed by atoms with Crippen molar-refractivity contribution >= 4 is 0 Å². The molecule has 2 rings (SSSR count). The van der Waals surface area contributed by atoms with Crippen molar-refractivity contribution in [2.45, 2.75) is 58.2 Å². The van der Waals surface area contributed by atoms with E-state index in [0.717, 1.165) is 24.5 Å². The normalized spacial score (nSPS) is 26.3. The van der Waals surface area contributed by atoms with Crippen LogP contribution in [0.2, 0.25) is 0 Å². The zero-order valence-electron chi connectivity index (χ0n) is 11.8. The minimum atomic E-state index is 0.113. The summed E-state index contributed by atoms with van der Waals surface area (Å²) in [5.41, 5.74) is 7.52. The first-order chi connectivity index (χ1) is 8.39. The molecule has 2 heterocycles. The number of nitrogens with two attached hydrogens (primary N) is 1. The van der Waals surface area contributed by atoms with Crippen molar-refractivity contribution in [3.05, 3.63) is 23.8 Å². The topological polar surface area (TPSA) is 55.0 Å². The highest BCUT2D eigenvalue weighted by molar-refractivity contribution is 5.13. The molecule has 0 aromatic carbocycles. The molecule has 1 fully saturated rings. The Balaban J connectivity index is 2.36. The molecule has 100 valence electrons. The maximum atomic E-state index is 6.35. The zero-order chi connectivity index (χ0) is 13.3. The Bertz CT molecular complexity index is 411. The fourth-order valence-electron chi connectivity index (χ4n) is 2.80. The van der Waals surface area contributed by atoms with Crippen molar-refractivity contribution in [2.24, 2.45) is 5.73 Å². The van der Waals surface area contributed by atoms with Gasteiger partial charge in [0.25, 0.3) is 0 Å². The molecule has 1 aliphatic heterocycles. The predicted molar refractivity (Wildman–Crippen MR) is 73.2 cm³/mol. The number of aryl methyl sites for hydroxylation is 1. The van der Waals surface area contributed by atoms with Gasteiger partial charge in [0.15, 0.2) is 0 Å². The van der Waals surface area contributed by atoms with Crippen molar-refractivity contribution in [2.75, 3.05) is 6.54 Å². The predicted octanol–water partition coefficient (Wildman–Crippen LogP) is 2.05. The first-order valence-electron chi connectivity index (χ1n) is 6.71. The summed E-state index contributed by atoms with van der Waals surface area (Å²) in [6, 6.07) is 2.37. The maximum Gasteiger partial charge on any atom is 0.125 e. The molecule has 1 aromatic rings. The van der Waals surface area contributed by atoms with Crippen LogP contribution in [-0.2, 0) is 0 Å². The Labute approximate surface area is 110 Å². The molecule has 1 aliphatic rings. The number of nitrogens with zero attached hydrogens (tertiary/aromatic N) is 3. The highest BCUT2D eigenvalue weighted by atomic mass is 15.2. The summed E-state index contributed by atoms with van der Waals surface area (Å²) in [4.78, 5) is 11.2. The van der Waals surface area contributed by atoms with Gasteiger partial charge in [0, 0.05) is 17.8 Å². The van der Waals surface area contributed by atoms with Crippen LogP contribution in [0.15, 0.2) is 12.3 Å². The lowest BCUT2D eigenvalue weighted by atomic mass is 9.89. The molecule has 2 N–H and O–H groups in total. The van der Waals surface area contributed by atoms with E-state index in [9.17, 15) is 0 Å². The number of hydrogen-bond donors (Lipinski definition) is 1. The smallest absolute Gasteiger partial charge is 0.125 e. The highest BCUT2D eigenvalue weighted by Gasteiger charge is 2.37. The van der Waals surface area contributed by atoms with Gasteiger partial charge in [-0.05, 0) is 53.1 Å². The first kappa shape index (κ1) is 13.4. The van der Waals surface area contributed by atoms with Gasteiger partial charge < -0.3 is 5.73 Å². The molecule has 0 saturated carbocycles. The second kappa shape index (κ2) is 4.94. The molecule has 18 heavy (non-hydrogen) atoms. The van der Waals surface area contributed by atoms with Crippen LogP contribution in [0, 0.1) is 6.92 Å². The summed E-state index contributed by atoms with van der Waals surface area (Å²) < 4.78 is 0. The second-order valence-electron chi connectivity index (χ2n) is 6.14. The number of hydrogen-bond acceptors (Lipinski definition) is 4. The van der Waals surface area contributed by atoms with E-state index in [1.165, 1.54) is 6.42 Å². The molecule has 1 aromatic heterocycles. The van der Waals surface area contributed by atoms with E-state index < -0.39 is 0 Å². The average molecular weight is 248 g/mol. The van der Waals surface area contributed by atoms with Crippen LogP contribution in [0.25, 0.3) is 0 Å². The van der Waals surface area contributed by atoms with Crippen LogP contribution in [0.5, 0.6) is 0 Å². The van der Waals surface area contributed by atoms with Gasteiger partial charge in [0.2, 0.25) is 0 Å². The Morgan fingerprint density at radius 2 is 2.11 bits per heavy atom. The lowest BCUT2D eigenvalue weighted by molar-refractivity contribution is 0.0361. The molecule has 4 nitrogen and oxygen atoms in total. The quantitative estimate of drug-likeness (QED) is 0.826. The molecule has 0 spiro atoms. The van der Waals surface area contributed by atoms with Crippen LogP contribution in [0.1, 0.15) is 51.2 Å². The number of piperidine rings is 1. The van der Waals surface area contributed by atoms with Gasteiger partial charge in [-0.25, -0.2) is 9.97 Å². The second-order valence-corrected chi connectivity index (χ2v) is 6.14. The summed E-state index contributed by atoms with van der Waals surface area (Å²) >= 11 is 0. The molecule has 4 heteroatoms. The van der Waals surface area contributed by atoms with Crippen LogP contribution in [0.4, 0.5) is 0 Å². The molecule has 0 bridgehead atoms. The number of aromatic nitrogens is 2. The largest absolute Gasteiger partial charge is 0.326 e. The van der Waals surface area contributed by atoms with Crippen LogP contribution < -0.4 is 5.73 Å². The SMILES string of the molecule is Cc1nccc(C2C(N)CCCN2C(C)(C)C)n1. The lowest BCUT2D eigenvalue weighted by Crippen LogP contribution is -2.53. The van der Waals surface area contributed by atoms with E-state index in [2.05, 4.69) is 35.6 Å². The molecule has 0 radical (unpaired) electrons. The monoisotopic (exact) mass is 248 g/mol. The first-order valence-corrected chi connectivity index (χ1v) is 6.71. The van der Waals surface area contributed by atoms with Crippen LogP contribution in [-0.4, -0.2) is 33.0 Å². The molecule has 0 aliphatic carbocycles. The average Bonchev–Trinajstić information content (AvgIpc) is 2.27. The van der Waals surface area contributed by atoms with Gasteiger partial charge in [-0.15, -0.1) is 0 Å². The van der Waals surface area contributed by atoms with E-state index >= 15 is 0 Å². The van der Waals surface area contributed by atoms with Gasteiger partial charge in [-0.1, -0.05) is 0 Å². The van der Waals surface area contributed by atoms with Gasteiger partial charge in [-0.2, -0.15) is 0 Å². The summed E-state index contributed by atoms with van der Waals surface area (Å²) in [5, 5.41) is 0. The van der Waals surface area contributed by atoms with Crippen molar-refractivity contribution in [1.82, 2.24) is 14.9 Å². The molecule has 2 unspecified atom stereocenters. The fraction of sp³-hybridized carbons (Fsp3) is 0.714. The standard InChI is InChI=1S/C14H24N4/c1-10-16-8-7-12(17-10)13-11(15)6-5-9-18(13)14(2,3)4/h7-8,11,13H,5-6,9,15H2,1-4H3. The van der Waals surface area contributed by atoms with Gasteiger partial charge in [-0.3, -0.25) is 4.90 Å².